The smallest absolute Gasteiger partial charge is 0.00462 e. The van der Waals surface area contributed by atoms with Crippen molar-refractivity contribution in [1.29, 1.82) is 0 Å². The Morgan fingerprint density at radius 1 is 1.33 bits per heavy atom. The summed E-state index contributed by atoms with van der Waals surface area (Å²) >= 11 is 2.07. The minimum atomic E-state index is 0.563. The largest absolute Gasteiger partial charge is 0.330 e. The van der Waals surface area contributed by atoms with Crippen molar-refractivity contribution in [2.24, 2.45) is 23.0 Å². The number of hydrogen-bond donors (Lipinski definition) is 1. The van der Waals surface area contributed by atoms with Gasteiger partial charge in [0.1, 0.15) is 0 Å². The molecule has 0 radical (unpaired) electrons. The fourth-order valence-corrected chi connectivity index (χ4v) is 3.58. The van der Waals surface area contributed by atoms with Crippen LogP contribution in [0.25, 0.3) is 0 Å². The van der Waals surface area contributed by atoms with Crippen molar-refractivity contribution in [3.05, 3.63) is 0 Å². The zero-order valence-electron chi connectivity index (χ0n) is 10.6. The van der Waals surface area contributed by atoms with Gasteiger partial charge in [-0.3, -0.25) is 0 Å². The number of thioether (sulfide) groups is 1. The van der Waals surface area contributed by atoms with Gasteiger partial charge in [0.2, 0.25) is 0 Å². The molecule has 1 aliphatic carbocycles. The molecule has 2 N–H and O–H groups in total. The lowest BCUT2D eigenvalue weighted by atomic mass is 9.66. The van der Waals surface area contributed by atoms with E-state index in [4.69, 9.17) is 5.73 Å². The highest BCUT2D eigenvalue weighted by atomic mass is 32.2. The van der Waals surface area contributed by atoms with Gasteiger partial charge in [0.15, 0.2) is 0 Å². The molecule has 0 aromatic heterocycles. The molecule has 1 nitrogen and oxygen atoms in total. The number of hydrogen-bond acceptors (Lipinski definition) is 2. The summed E-state index contributed by atoms with van der Waals surface area (Å²) in [6.07, 6.45) is 5.49. The van der Waals surface area contributed by atoms with Crippen LogP contribution in [0.1, 0.15) is 46.5 Å². The molecule has 2 unspecified atom stereocenters. The van der Waals surface area contributed by atoms with Crippen LogP contribution < -0.4 is 5.73 Å². The van der Waals surface area contributed by atoms with Gasteiger partial charge in [0, 0.05) is 0 Å². The first-order chi connectivity index (χ1) is 7.09. The SMILES string of the molecule is CCSCCC1CC(C)(C)CCC1CN. The van der Waals surface area contributed by atoms with Gasteiger partial charge in [0.05, 0.1) is 0 Å². The summed E-state index contributed by atoms with van der Waals surface area (Å²) in [5, 5.41) is 0. The predicted molar refractivity (Wildman–Crippen MR) is 71.3 cm³/mol. The van der Waals surface area contributed by atoms with Crippen LogP contribution in [0.15, 0.2) is 0 Å². The van der Waals surface area contributed by atoms with E-state index in [1.807, 2.05) is 0 Å². The Morgan fingerprint density at radius 2 is 2.07 bits per heavy atom. The second kappa shape index (κ2) is 6.15. The normalized spacial score (nSPS) is 30.4. The Kier molecular flexibility index (Phi) is 5.48. The molecule has 1 fully saturated rings. The Labute approximate surface area is 99.6 Å². The summed E-state index contributed by atoms with van der Waals surface area (Å²) in [5.74, 6) is 4.27. The summed E-state index contributed by atoms with van der Waals surface area (Å²) in [6, 6.07) is 0. The third-order valence-corrected chi connectivity index (χ3v) is 4.75. The van der Waals surface area contributed by atoms with Crippen molar-refractivity contribution in [3.63, 3.8) is 0 Å². The third-order valence-electron chi connectivity index (χ3n) is 3.81. The van der Waals surface area contributed by atoms with Crippen LogP contribution in [0.3, 0.4) is 0 Å². The first kappa shape index (κ1) is 13.4. The number of nitrogens with two attached hydrogens (primary N) is 1. The van der Waals surface area contributed by atoms with E-state index in [0.717, 1.165) is 18.4 Å². The molecular weight excluding hydrogens is 202 g/mol. The Bertz CT molecular complexity index is 179. The highest BCUT2D eigenvalue weighted by Crippen LogP contribution is 2.43. The molecule has 15 heavy (non-hydrogen) atoms. The van der Waals surface area contributed by atoms with Gasteiger partial charge >= 0.3 is 0 Å². The van der Waals surface area contributed by atoms with Crippen molar-refractivity contribution >= 4 is 11.8 Å². The summed E-state index contributed by atoms with van der Waals surface area (Å²) in [6.45, 7) is 7.98. The zero-order valence-corrected chi connectivity index (χ0v) is 11.4. The molecule has 0 bridgehead atoms. The monoisotopic (exact) mass is 229 g/mol. The van der Waals surface area contributed by atoms with E-state index in [1.165, 1.54) is 37.2 Å². The second-order valence-corrected chi connectivity index (χ2v) is 7.04. The molecule has 90 valence electrons. The highest BCUT2D eigenvalue weighted by Gasteiger charge is 2.33. The van der Waals surface area contributed by atoms with Crippen molar-refractivity contribution in [2.75, 3.05) is 18.1 Å². The average Bonchev–Trinajstić information content (AvgIpc) is 2.17. The minimum Gasteiger partial charge on any atom is -0.330 e. The molecule has 1 saturated carbocycles. The van der Waals surface area contributed by atoms with E-state index in [2.05, 4.69) is 32.5 Å². The topological polar surface area (TPSA) is 26.0 Å². The molecule has 0 aromatic carbocycles. The van der Waals surface area contributed by atoms with Gasteiger partial charge in [-0.2, -0.15) is 11.8 Å². The van der Waals surface area contributed by atoms with Crippen molar-refractivity contribution in [1.82, 2.24) is 0 Å². The van der Waals surface area contributed by atoms with E-state index in [0.29, 0.717) is 5.41 Å². The van der Waals surface area contributed by atoms with Gasteiger partial charge in [0.25, 0.3) is 0 Å². The molecule has 2 heteroatoms. The maximum Gasteiger partial charge on any atom is -0.00462 e. The van der Waals surface area contributed by atoms with E-state index in [-0.39, 0.29) is 0 Å². The van der Waals surface area contributed by atoms with Gasteiger partial charge in [-0.1, -0.05) is 20.8 Å². The van der Waals surface area contributed by atoms with Crippen LogP contribution in [-0.4, -0.2) is 18.1 Å². The molecule has 0 heterocycles. The van der Waals surface area contributed by atoms with Gasteiger partial charge in [-0.15, -0.1) is 0 Å². The standard InChI is InChI=1S/C13H27NS/c1-4-15-8-6-11-9-13(2,3)7-5-12(11)10-14/h11-12H,4-10,14H2,1-3H3. The summed E-state index contributed by atoms with van der Waals surface area (Å²) in [5.41, 5.74) is 6.44. The lowest BCUT2D eigenvalue weighted by Crippen LogP contribution is -2.34. The molecule has 0 saturated heterocycles. The molecule has 0 spiro atoms. The lowest BCUT2D eigenvalue weighted by Gasteiger charge is -2.40. The van der Waals surface area contributed by atoms with Crippen LogP contribution in [0.2, 0.25) is 0 Å². The fourth-order valence-electron chi connectivity index (χ4n) is 2.82. The molecule has 0 amide bonds. The Morgan fingerprint density at radius 3 is 2.67 bits per heavy atom. The maximum atomic E-state index is 5.88. The maximum absolute atomic E-state index is 5.88. The fraction of sp³-hybridized carbons (Fsp3) is 1.00. The van der Waals surface area contributed by atoms with E-state index < -0.39 is 0 Å². The summed E-state index contributed by atoms with van der Waals surface area (Å²) in [4.78, 5) is 0. The van der Waals surface area contributed by atoms with Crippen LogP contribution in [0, 0.1) is 17.3 Å². The van der Waals surface area contributed by atoms with E-state index >= 15 is 0 Å². The van der Waals surface area contributed by atoms with Crippen LogP contribution in [0.5, 0.6) is 0 Å². The van der Waals surface area contributed by atoms with Crippen molar-refractivity contribution in [2.45, 2.75) is 46.5 Å². The van der Waals surface area contributed by atoms with E-state index in [9.17, 15) is 0 Å². The van der Waals surface area contributed by atoms with Crippen molar-refractivity contribution < 1.29 is 0 Å². The molecule has 0 aliphatic heterocycles. The average molecular weight is 229 g/mol. The zero-order chi connectivity index (χ0) is 11.3. The van der Waals surface area contributed by atoms with Gasteiger partial charge < -0.3 is 5.73 Å². The summed E-state index contributed by atoms with van der Waals surface area (Å²) < 4.78 is 0. The van der Waals surface area contributed by atoms with Crippen molar-refractivity contribution in [3.8, 4) is 0 Å². The first-order valence-electron chi connectivity index (χ1n) is 6.37. The van der Waals surface area contributed by atoms with Crippen LogP contribution in [0.4, 0.5) is 0 Å². The molecular formula is C13H27NS. The molecule has 0 aromatic rings. The molecule has 2 atom stereocenters. The number of rotatable bonds is 5. The lowest BCUT2D eigenvalue weighted by molar-refractivity contribution is 0.119. The second-order valence-electron chi connectivity index (χ2n) is 5.65. The molecule has 1 rings (SSSR count). The van der Waals surface area contributed by atoms with E-state index in [1.54, 1.807) is 0 Å². The molecule has 1 aliphatic rings. The van der Waals surface area contributed by atoms with Crippen LogP contribution >= 0.6 is 11.8 Å². The first-order valence-corrected chi connectivity index (χ1v) is 7.52. The quantitative estimate of drug-likeness (QED) is 0.730. The minimum absolute atomic E-state index is 0.563. The third kappa shape index (κ3) is 4.36. The van der Waals surface area contributed by atoms with Crippen LogP contribution in [-0.2, 0) is 0 Å². The van der Waals surface area contributed by atoms with Gasteiger partial charge in [-0.25, -0.2) is 0 Å². The summed E-state index contributed by atoms with van der Waals surface area (Å²) in [7, 11) is 0. The Hall–Kier alpha value is 0.310. The Balaban J connectivity index is 2.41. The predicted octanol–water partition coefficient (Wildman–Crippen LogP) is 3.53. The highest BCUT2D eigenvalue weighted by molar-refractivity contribution is 7.99. The van der Waals surface area contributed by atoms with Gasteiger partial charge in [-0.05, 0) is 61.0 Å².